The fourth-order valence-electron chi connectivity index (χ4n) is 5.04. The average Bonchev–Trinajstić information content (AvgIpc) is 3.47. The van der Waals surface area contributed by atoms with Crippen molar-refractivity contribution in [3.05, 3.63) is 63.8 Å². The van der Waals surface area contributed by atoms with Crippen molar-refractivity contribution in [2.45, 2.75) is 46.2 Å². The molecule has 0 unspecified atom stereocenters. The number of carbonyl (C=O) groups excluding carboxylic acids is 2. The Hall–Kier alpha value is -3.93. The molecule has 0 fully saturated rings. The normalized spacial score (nSPS) is 15.6. The quantitative estimate of drug-likeness (QED) is 0.306. The van der Waals surface area contributed by atoms with E-state index in [2.05, 4.69) is 36.2 Å². The average molecular weight is 572 g/mol. The summed E-state index contributed by atoms with van der Waals surface area (Å²) in [7, 11) is 1.49. The monoisotopic (exact) mass is 571 g/mol. The lowest BCUT2D eigenvalue weighted by Gasteiger charge is -2.33. The Labute approximate surface area is 232 Å². The van der Waals surface area contributed by atoms with Gasteiger partial charge in [0.25, 0.3) is 11.8 Å². The number of hydrogen-bond acceptors (Lipinski definition) is 6. The molecule has 4 aromatic rings. The van der Waals surface area contributed by atoms with Gasteiger partial charge in [0, 0.05) is 16.5 Å². The van der Waals surface area contributed by atoms with Gasteiger partial charge in [0.15, 0.2) is 17.0 Å². The Balaban J connectivity index is 1.51. The van der Waals surface area contributed by atoms with Crippen molar-refractivity contribution >= 4 is 33.8 Å². The number of primary amides is 1. The van der Waals surface area contributed by atoms with Crippen molar-refractivity contribution in [2.75, 3.05) is 12.4 Å². The Morgan fingerprint density at radius 3 is 2.45 bits per heavy atom. The number of ether oxygens (including phenoxy) is 1. The smallest absolute Gasteiger partial charge is 0.433 e. The number of carbonyl (C=O) groups is 2. The van der Waals surface area contributed by atoms with Gasteiger partial charge in [-0.3, -0.25) is 9.59 Å². The number of thiophene rings is 1. The van der Waals surface area contributed by atoms with Crippen LogP contribution in [0.2, 0.25) is 0 Å². The molecule has 1 aromatic carbocycles. The van der Waals surface area contributed by atoms with Gasteiger partial charge in [-0.2, -0.15) is 18.3 Å². The number of methoxy groups -OCH3 is 1. The van der Waals surface area contributed by atoms with Gasteiger partial charge < -0.3 is 15.8 Å². The number of anilines is 1. The molecule has 0 radical (unpaired) electrons. The summed E-state index contributed by atoms with van der Waals surface area (Å²) in [6.45, 7) is 6.50. The molecule has 3 aromatic heterocycles. The lowest BCUT2D eigenvalue weighted by atomic mass is 9.72. The molecule has 210 valence electrons. The lowest BCUT2D eigenvalue weighted by Crippen LogP contribution is -2.27. The molecule has 12 heteroatoms. The first-order valence-corrected chi connectivity index (χ1v) is 13.5. The minimum atomic E-state index is -4.77. The number of fused-ring (bicyclic) bond motifs is 2. The first-order chi connectivity index (χ1) is 18.8. The molecule has 0 spiro atoms. The van der Waals surface area contributed by atoms with Crippen LogP contribution in [-0.2, 0) is 19.0 Å². The molecule has 0 aliphatic heterocycles. The van der Waals surface area contributed by atoms with Crippen LogP contribution in [-0.4, -0.2) is 33.5 Å². The molecule has 2 amide bonds. The predicted octanol–water partition coefficient (Wildman–Crippen LogP) is 5.99. The summed E-state index contributed by atoms with van der Waals surface area (Å²) >= 11 is 1.28. The highest BCUT2D eigenvalue weighted by molar-refractivity contribution is 7.17. The molecule has 0 saturated heterocycles. The van der Waals surface area contributed by atoms with E-state index in [1.165, 1.54) is 24.5 Å². The topological polar surface area (TPSA) is 112 Å². The molecular formula is C28H28F3N5O3S. The van der Waals surface area contributed by atoms with Crippen molar-refractivity contribution in [3.8, 4) is 17.0 Å². The fraction of sp³-hybridized carbons (Fsp3) is 0.357. The van der Waals surface area contributed by atoms with E-state index >= 15 is 0 Å². The summed E-state index contributed by atoms with van der Waals surface area (Å²) in [5, 5.41) is 6.88. The fourth-order valence-corrected chi connectivity index (χ4v) is 6.37. The number of rotatable bonds is 5. The van der Waals surface area contributed by atoms with E-state index in [1.807, 2.05) is 0 Å². The lowest BCUT2D eigenvalue weighted by molar-refractivity contribution is -0.142. The number of aromatic nitrogens is 3. The van der Waals surface area contributed by atoms with E-state index in [-0.39, 0.29) is 33.0 Å². The van der Waals surface area contributed by atoms with Crippen LogP contribution >= 0.6 is 11.3 Å². The molecule has 1 aliphatic rings. The highest BCUT2D eigenvalue weighted by Gasteiger charge is 2.36. The standard InChI is InChI=1S/C28H28F3N5O3S/c1-27(2,3)15-7-10-17-20(11-15)40-26(23(17)24(32)37)34-25(38)19-13-22-33-18(14-5-8-16(39-4)9-6-14)12-21(28(29,30)31)36(22)35-19/h5-6,8-9,12-13,15H,7,10-11H2,1-4H3,(H2,32,37)(H,34,38)/t15-/m1/s1. The van der Waals surface area contributed by atoms with Crippen molar-refractivity contribution in [1.29, 1.82) is 0 Å². The Morgan fingerprint density at radius 2 is 1.85 bits per heavy atom. The van der Waals surface area contributed by atoms with Crippen LogP contribution in [0, 0.1) is 11.3 Å². The first kappa shape index (κ1) is 27.6. The van der Waals surface area contributed by atoms with Gasteiger partial charge >= 0.3 is 6.18 Å². The SMILES string of the molecule is COc1ccc(-c2cc(C(F)(F)F)n3nc(C(=O)Nc4sc5c(c4C(N)=O)CC[C@@H](C(C)(C)C)C5)cc3n2)cc1. The second kappa shape index (κ2) is 9.92. The first-order valence-electron chi connectivity index (χ1n) is 12.6. The zero-order valence-electron chi connectivity index (χ0n) is 22.3. The molecule has 0 bridgehead atoms. The Morgan fingerprint density at radius 1 is 1.15 bits per heavy atom. The number of nitrogens with one attached hydrogen (secondary N) is 1. The minimum absolute atomic E-state index is 0.0599. The van der Waals surface area contributed by atoms with E-state index in [0.717, 1.165) is 29.3 Å². The highest BCUT2D eigenvalue weighted by Crippen LogP contribution is 2.44. The predicted molar refractivity (Wildman–Crippen MR) is 146 cm³/mol. The Kier molecular flexibility index (Phi) is 6.85. The van der Waals surface area contributed by atoms with Gasteiger partial charge in [0.2, 0.25) is 0 Å². The van der Waals surface area contributed by atoms with Gasteiger partial charge in [0.05, 0.1) is 18.4 Å². The zero-order valence-corrected chi connectivity index (χ0v) is 23.2. The number of alkyl halides is 3. The van der Waals surface area contributed by atoms with Gasteiger partial charge in [0.1, 0.15) is 10.8 Å². The number of nitrogens with two attached hydrogens (primary N) is 1. The number of hydrogen-bond donors (Lipinski definition) is 2. The minimum Gasteiger partial charge on any atom is -0.497 e. The summed E-state index contributed by atoms with van der Waals surface area (Å²) < 4.78 is 47.8. The van der Waals surface area contributed by atoms with Gasteiger partial charge in [-0.15, -0.1) is 11.3 Å². The largest absolute Gasteiger partial charge is 0.497 e. The van der Waals surface area contributed by atoms with E-state index in [0.29, 0.717) is 28.2 Å². The third-order valence-electron chi connectivity index (χ3n) is 7.30. The third-order valence-corrected chi connectivity index (χ3v) is 8.47. The third kappa shape index (κ3) is 5.15. The van der Waals surface area contributed by atoms with E-state index in [9.17, 15) is 22.8 Å². The molecule has 0 saturated carbocycles. The molecule has 1 atom stereocenters. The molecule has 3 heterocycles. The summed E-state index contributed by atoms with van der Waals surface area (Å²) in [6, 6.07) is 8.49. The maximum Gasteiger partial charge on any atom is 0.433 e. The van der Waals surface area contributed by atoms with Crippen LogP contribution in [0.1, 0.15) is 64.2 Å². The van der Waals surface area contributed by atoms with Gasteiger partial charge in [-0.1, -0.05) is 20.8 Å². The van der Waals surface area contributed by atoms with Crippen molar-refractivity contribution in [1.82, 2.24) is 14.6 Å². The number of halogens is 3. The van der Waals surface area contributed by atoms with Crippen LogP contribution in [0.5, 0.6) is 5.75 Å². The summed E-state index contributed by atoms with van der Waals surface area (Å²) in [5.41, 5.74) is 5.82. The van der Waals surface area contributed by atoms with Crippen LogP contribution < -0.4 is 15.8 Å². The zero-order chi connectivity index (χ0) is 29.0. The maximum atomic E-state index is 14.0. The maximum absolute atomic E-state index is 14.0. The second-order valence-corrected chi connectivity index (χ2v) is 12.0. The number of nitrogens with zero attached hydrogens (tertiary/aromatic N) is 3. The summed E-state index contributed by atoms with van der Waals surface area (Å²) in [6.07, 6.45) is -2.47. The molecule has 40 heavy (non-hydrogen) atoms. The van der Waals surface area contributed by atoms with Crippen molar-refractivity contribution in [3.63, 3.8) is 0 Å². The molecule has 8 nitrogen and oxygen atoms in total. The van der Waals surface area contributed by atoms with Crippen molar-refractivity contribution in [2.24, 2.45) is 17.1 Å². The van der Waals surface area contributed by atoms with Crippen LogP contribution in [0.15, 0.2) is 36.4 Å². The number of benzene rings is 1. The highest BCUT2D eigenvalue weighted by atomic mass is 32.1. The number of amides is 2. The van der Waals surface area contributed by atoms with E-state index in [4.69, 9.17) is 10.5 Å². The molecular weight excluding hydrogens is 543 g/mol. The Bertz CT molecular complexity index is 1620. The van der Waals surface area contributed by atoms with Crippen LogP contribution in [0.25, 0.3) is 16.9 Å². The molecule has 3 N–H and O–H groups in total. The second-order valence-electron chi connectivity index (χ2n) is 10.9. The van der Waals surface area contributed by atoms with Gasteiger partial charge in [-0.05, 0) is 66.5 Å². The van der Waals surface area contributed by atoms with Crippen LogP contribution in [0.3, 0.4) is 0 Å². The van der Waals surface area contributed by atoms with Crippen LogP contribution in [0.4, 0.5) is 18.2 Å². The van der Waals surface area contributed by atoms with E-state index < -0.39 is 23.7 Å². The van der Waals surface area contributed by atoms with Crippen molar-refractivity contribution < 1.29 is 27.5 Å². The molecule has 5 rings (SSSR count). The summed E-state index contributed by atoms with van der Waals surface area (Å²) in [5.74, 6) is -0.489. The van der Waals surface area contributed by atoms with E-state index in [1.54, 1.807) is 24.3 Å². The molecule has 1 aliphatic carbocycles. The van der Waals surface area contributed by atoms with Gasteiger partial charge in [-0.25, -0.2) is 9.50 Å². The summed E-state index contributed by atoms with van der Waals surface area (Å²) in [4.78, 5) is 30.9.